The second-order valence-electron chi connectivity index (χ2n) is 6.84. The van der Waals surface area contributed by atoms with Crippen LogP contribution in [0.4, 0.5) is 0 Å². The van der Waals surface area contributed by atoms with Crippen molar-refractivity contribution in [2.24, 2.45) is 11.7 Å². The highest BCUT2D eigenvalue weighted by atomic mass is 16.5. The molecule has 110 valence electrons. The van der Waals surface area contributed by atoms with Gasteiger partial charge < -0.3 is 15.4 Å². The maximum atomic E-state index is 6.61. The largest absolute Gasteiger partial charge is 0.487 e. The van der Waals surface area contributed by atoms with Gasteiger partial charge in [0.2, 0.25) is 0 Å². The molecule has 0 amide bonds. The maximum absolute atomic E-state index is 6.61. The number of hydrogen-bond acceptors (Lipinski definition) is 3. The van der Waals surface area contributed by atoms with Gasteiger partial charge in [0.1, 0.15) is 11.4 Å². The highest BCUT2D eigenvalue weighted by molar-refractivity contribution is 5.45. The standard InChI is InChI=1S/C17H26N2O/c1-12-7-6-8-13-15(18)14(11-19-9-4-5-10-19)17(2,3)20-16(12)13/h6-8,14-15H,4-5,9-11,18H2,1-3H3. The Hall–Kier alpha value is -1.06. The highest BCUT2D eigenvalue weighted by Gasteiger charge is 2.43. The molecule has 1 saturated heterocycles. The molecule has 1 fully saturated rings. The second-order valence-corrected chi connectivity index (χ2v) is 6.84. The monoisotopic (exact) mass is 274 g/mol. The quantitative estimate of drug-likeness (QED) is 0.901. The summed E-state index contributed by atoms with van der Waals surface area (Å²) in [6, 6.07) is 6.37. The van der Waals surface area contributed by atoms with Crippen molar-refractivity contribution in [3.05, 3.63) is 29.3 Å². The summed E-state index contributed by atoms with van der Waals surface area (Å²) in [5.41, 5.74) is 8.76. The van der Waals surface area contributed by atoms with Gasteiger partial charge in [-0.05, 0) is 52.3 Å². The number of aryl methyl sites for hydroxylation is 1. The fraction of sp³-hybridized carbons (Fsp3) is 0.647. The van der Waals surface area contributed by atoms with Crippen LogP contribution in [0.15, 0.2) is 18.2 Å². The van der Waals surface area contributed by atoms with Crippen LogP contribution in [0.1, 0.15) is 43.9 Å². The predicted molar refractivity (Wildman–Crippen MR) is 82.0 cm³/mol. The summed E-state index contributed by atoms with van der Waals surface area (Å²) in [6.07, 6.45) is 2.64. The van der Waals surface area contributed by atoms with Crippen LogP contribution in [-0.2, 0) is 0 Å². The van der Waals surface area contributed by atoms with Crippen molar-refractivity contribution in [3.8, 4) is 5.75 Å². The fourth-order valence-electron chi connectivity index (χ4n) is 3.64. The molecule has 1 aromatic rings. The van der Waals surface area contributed by atoms with E-state index in [0.29, 0.717) is 5.92 Å². The molecule has 0 radical (unpaired) electrons. The third-order valence-electron chi connectivity index (χ3n) is 4.95. The summed E-state index contributed by atoms with van der Waals surface area (Å²) < 4.78 is 6.34. The van der Waals surface area contributed by atoms with Crippen molar-refractivity contribution < 1.29 is 4.74 Å². The Bertz CT molecular complexity index is 492. The van der Waals surface area contributed by atoms with Gasteiger partial charge in [0, 0.05) is 24.1 Å². The molecular formula is C17H26N2O. The van der Waals surface area contributed by atoms with Crippen LogP contribution in [0.3, 0.4) is 0 Å². The zero-order valence-corrected chi connectivity index (χ0v) is 12.9. The minimum Gasteiger partial charge on any atom is -0.487 e. The summed E-state index contributed by atoms with van der Waals surface area (Å²) in [4.78, 5) is 2.54. The van der Waals surface area contributed by atoms with E-state index in [4.69, 9.17) is 10.5 Å². The Morgan fingerprint density at radius 2 is 2.00 bits per heavy atom. The van der Waals surface area contributed by atoms with E-state index in [-0.39, 0.29) is 11.6 Å². The SMILES string of the molecule is Cc1cccc2c1OC(C)(C)C(CN1CCCC1)C2N. The van der Waals surface area contributed by atoms with Crippen molar-refractivity contribution in [1.29, 1.82) is 0 Å². The van der Waals surface area contributed by atoms with Crippen LogP contribution in [0, 0.1) is 12.8 Å². The molecule has 2 aliphatic heterocycles. The molecule has 2 aliphatic rings. The molecule has 3 heteroatoms. The fourth-order valence-corrected chi connectivity index (χ4v) is 3.64. The number of nitrogens with two attached hydrogens (primary N) is 1. The number of rotatable bonds is 2. The van der Waals surface area contributed by atoms with Gasteiger partial charge in [-0.1, -0.05) is 18.2 Å². The van der Waals surface area contributed by atoms with Gasteiger partial charge >= 0.3 is 0 Å². The lowest BCUT2D eigenvalue weighted by molar-refractivity contribution is -0.00417. The van der Waals surface area contributed by atoms with Gasteiger partial charge in [-0.3, -0.25) is 0 Å². The Morgan fingerprint density at radius 3 is 2.70 bits per heavy atom. The van der Waals surface area contributed by atoms with Crippen LogP contribution >= 0.6 is 0 Å². The smallest absolute Gasteiger partial charge is 0.127 e. The summed E-state index contributed by atoms with van der Waals surface area (Å²) >= 11 is 0. The number of para-hydroxylation sites is 1. The number of hydrogen-bond donors (Lipinski definition) is 1. The van der Waals surface area contributed by atoms with Gasteiger partial charge in [0.25, 0.3) is 0 Å². The minimum absolute atomic E-state index is 0.0641. The topological polar surface area (TPSA) is 38.5 Å². The van der Waals surface area contributed by atoms with Gasteiger partial charge in [-0.25, -0.2) is 0 Å². The zero-order chi connectivity index (χ0) is 14.3. The second kappa shape index (κ2) is 5.05. The van der Waals surface area contributed by atoms with Crippen LogP contribution in [0.2, 0.25) is 0 Å². The first-order valence-corrected chi connectivity index (χ1v) is 7.75. The van der Waals surface area contributed by atoms with Crippen molar-refractivity contribution in [1.82, 2.24) is 4.90 Å². The van der Waals surface area contributed by atoms with E-state index in [1.807, 2.05) is 0 Å². The first-order valence-electron chi connectivity index (χ1n) is 7.75. The zero-order valence-electron chi connectivity index (χ0n) is 12.9. The van der Waals surface area contributed by atoms with Crippen molar-refractivity contribution in [3.63, 3.8) is 0 Å². The lowest BCUT2D eigenvalue weighted by atomic mass is 9.78. The predicted octanol–water partition coefficient (Wildman–Crippen LogP) is 2.88. The van der Waals surface area contributed by atoms with Crippen LogP contribution in [-0.4, -0.2) is 30.1 Å². The number of ether oxygens (including phenoxy) is 1. The van der Waals surface area contributed by atoms with Crippen molar-refractivity contribution >= 4 is 0 Å². The average Bonchev–Trinajstić information content (AvgIpc) is 2.89. The molecular weight excluding hydrogens is 248 g/mol. The van der Waals surface area contributed by atoms with Gasteiger partial charge in [-0.15, -0.1) is 0 Å². The lowest BCUT2D eigenvalue weighted by Gasteiger charge is -2.45. The molecule has 2 atom stereocenters. The van der Waals surface area contributed by atoms with E-state index in [2.05, 4.69) is 43.9 Å². The Balaban J connectivity index is 1.90. The van der Waals surface area contributed by atoms with Gasteiger partial charge in [0.15, 0.2) is 0 Å². The molecule has 0 aliphatic carbocycles. The van der Waals surface area contributed by atoms with E-state index >= 15 is 0 Å². The summed E-state index contributed by atoms with van der Waals surface area (Å²) in [5.74, 6) is 1.34. The number of likely N-dealkylation sites (tertiary alicyclic amines) is 1. The average molecular weight is 274 g/mol. The first kappa shape index (κ1) is 13.9. The Kier molecular flexibility index (Phi) is 3.51. The van der Waals surface area contributed by atoms with Gasteiger partial charge in [-0.2, -0.15) is 0 Å². The first-order chi connectivity index (χ1) is 9.49. The Morgan fingerprint density at radius 1 is 1.30 bits per heavy atom. The van der Waals surface area contributed by atoms with E-state index in [1.165, 1.54) is 37.1 Å². The molecule has 1 aromatic carbocycles. The molecule has 0 aromatic heterocycles. The van der Waals surface area contributed by atoms with E-state index in [9.17, 15) is 0 Å². The minimum atomic E-state index is -0.207. The van der Waals surface area contributed by atoms with Crippen LogP contribution in [0.5, 0.6) is 5.75 Å². The van der Waals surface area contributed by atoms with E-state index in [1.54, 1.807) is 0 Å². The maximum Gasteiger partial charge on any atom is 0.127 e. The molecule has 0 bridgehead atoms. The molecule has 0 saturated carbocycles. The summed E-state index contributed by atoms with van der Waals surface area (Å²) in [6.45, 7) is 9.93. The molecule has 2 N–H and O–H groups in total. The highest BCUT2D eigenvalue weighted by Crippen LogP contribution is 2.44. The van der Waals surface area contributed by atoms with Gasteiger partial charge in [0.05, 0.1) is 0 Å². The summed E-state index contributed by atoms with van der Waals surface area (Å²) in [5, 5.41) is 0. The van der Waals surface area contributed by atoms with E-state index < -0.39 is 0 Å². The Labute approximate surface area is 122 Å². The lowest BCUT2D eigenvalue weighted by Crippen LogP contribution is -2.51. The van der Waals surface area contributed by atoms with Crippen LogP contribution < -0.4 is 10.5 Å². The molecule has 20 heavy (non-hydrogen) atoms. The number of nitrogens with zero attached hydrogens (tertiary/aromatic N) is 1. The molecule has 3 rings (SSSR count). The normalized spacial score (nSPS) is 29.0. The third kappa shape index (κ3) is 2.33. The molecule has 0 spiro atoms. The third-order valence-corrected chi connectivity index (χ3v) is 4.95. The van der Waals surface area contributed by atoms with Crippen molar-refractivity contribution in [2.45, 2.75) is 45.3 Å². The number of fused-ring (bicyclic) bond motifs is 1. The molecule has 2 heterocycles. The van der Waals surface area contributed by atoms with Crippen LogP contribution in [0.25, 0.3) is 0 Å². The van der Waals surface area contributed by atoms with E-state index in [0.717, 1.165) is 12.3 Å². The molecule has 3 nitrogen and oxygen atoms in total. The van der Waals surface area contributed by atoms with Crippen molar-refractivity contribution in [2.75, 3.05) is 19.6 Å². The molecule has 2 unspecified atom stereocenters. The summed E-state index contributed by atoms with van der Waals surface area (Å²) in [7, 11) is 0. The number of benzene rings is 1.